The van der Waals surface area contributed by atoms with Crippen LogP contribution in [0.25, 0.3) is 5.57 Å². The van der Waals surface area contributed by atoms with E-state index in [9.17, 15) is 14.7 Å². The Morgan fingerprint density at radius 1 is 1.07 bits per heavy atom. The molecule has 0 aromatic heterocycles. The van der Waals surface area contributed by atoms with Crippen LogP contribution >= 0.6 is 11.8 Å². The molecular weight excluding hydrogens is 378 g/mol. The van der Waals surface area contributed by atoms with Crippen molar-refractivity contribution in [3.8, 4) is 11.5 Å². The summed E-state index contributed by atoms with van der Waals surface area (Å²) in [5, 5.41) is 9.22. The summed E-state index contributed by atoms with van der Waals surface area (Å²) in [7, 11) is 1.52. The molecule has 146 valence electrons. The summed E-state index contributed by atoms with van der Waals surface area (Å²) >= 11 is 1.16. The normalized spacial score (nSPS) is 14.0. The van der Waals surface area contributed by atoms with E-state index in [1.54, 1.807) is 48.5 Å². The minimum atomic E-state index is -0.427. The summed E-state index contributed by atoms with van der Waals surface area (Å²) in [6.07, 6.45) is 0. The highest BCUT2D eigenvalue weighted by Crippen LogP contribution is 2.41. The van der Waals surface area contributed by atoms with Crippen LogP contribution in [0.15, 0.2) is 53.4 Å². The Morgan fingerprint density at radius 2 is 1.86 bits per heavy atom. The third-order valence-corrected chi connectivity index (χ3v) is 5.20. The lowest BCUT2D eigenvalue weighted by atomic mass is 10.0. The first-order valence-corrected chi connectivity index (χ1v) is 9.83. The van der Waals surface area contributed by atoms with Crippen molar-refractivity contribution < 1.29 is 24.2 Å². The van der Waals surface area contributed by atoms with Crippen molar-refractivity contribution in [3.63, 3.8) is 0 Å². The van der Waals surface area contributed by atoms with Crippen LogP contribution in [0.2, 0.25) is 0 Å². The van der Waals surface area contributed by atoms with Gasteiger partial charge in [0.15, 0.2) is 0 Å². The highest BCUT2D eigenvalue weighted by molar-refractivity contribution is 8.04. The second-order valence-electron chi connectivity index (χ2n) is 5.85. The van der Waals surface area contributed by atoms with Gasteiger partial charge >= 0.3 is 0 Å². The van der Waals surface area contributed by atoms with Crippen LogP contribution in [0.1, 0.15) is 12.5 Å². The number of imide groups is 1. The van der Waals surface area contributed by atoms with E-state index in [2.05, 4.69) is 0 Å². The number of thioether (sulfide) groups is 1. The number of amides is 2. The van der Waals surface area contributed by atoms with Gasteiger partial charge in [0.2, 0.25) is 0 Å². The molecule has 28 heavy (non-hydrogen) atoms. The minimum Gasteiger partial charge on any atom is -0.496 e. The first-order chi connectivity index (χ1) is 13.6. The number of nitrogens with zero attached hydrogens (tertiary/aromatic N) is 1. The van der Waals surface area contributed by atoms with Crippen LogP contribution in [-0.4, -0.2) is 43.0 Å². The minimum absolute atomic E-state index is 0.103. The first-order valence-electron chi connectivity index (χ1n) is 8.85. The molecule has 2 amide bonds. The van der Waals surface area contributed by atoms with Crippen molar-refractivity contribution in [1.29, 1.82) is 0 Å². The van der Waals surface area contributed by atoms with Gasteiger partial charge in [0.25, 0.3) is 11.8 Å². The molecule has 0 atom stereocenters. The van der Waals surface area contributed by atoms with Gasteiger partial charge in [-0.25, -0.2) is 4.90 Å². The maximum atomic E-state index is 13.3. The number of hydrogen-bond donors (Lipinski definition) is 1. The lowest BCUT2D eigenvalue weighted by Gasteiger charge is -2.16. The number of benzene rings is 2. The smallest absolute Gasteiger partial charge is 0.272 e. The fourth-order valence-electron chi connectivity index (χ4n) is 2.99. The van der Waals surface area contributed by atoms with Gasteiger partial charge in [0.1, 0.15) is 11.5 Å². The number of ether oxygens (including phenoxy) is 2. The number of anilines is 1. The monoisotopic (exact) mass is 399 g/mol. The van der Waals surface area contributed by atoms with Crippen LogP contribution in [0, 0.1) is 0 Å². The Bertz CT molecular complexity index is 925. The van der Waals surface area contributed by atoms with Crippen molar-refractivity contribution >= 4 is 34.8 Å². The molecule has 0 bridgehead atoms. The van der Waals surface area contributed by atoms with Gasteiger partial charge in [-0.05, 0) is 25.1 Å². The van der Waals surface area contributed by atoms with Crippen LogP contribution < -0.4 is 14.4 Å². The Kier molecular flexibility index (Phi) is 6.38. The number of rotatable bonds is 8. The van der Waals surface area contributed by atoms with Gasteiger partial charge < -0.3 is 14.6 Å². The molecular formula is C21H21NO5S. The van der Waals surface area contributed by atoms with Crippen LogP contribution in [-0.2, 0) is 9.59 Å². The fourth-order valence-corrected chi connectivity index (χ4v) is 3.85. The fraction of sp³-hybridized carbons (Fsp3) is 0.238. The summed E-state index contributed by atoms with van der Waals surface area (Å²) < 4.78 is 10.9. The quantitative estimate of drug-likeness (QED) is 0.688. The number of aliphatic hydroxyl groups is 1. The van der Waals surface area contributed by atoms with Gasteiger partial charge in [-0.1, -0.05) is 24.3 Å². The van der Waals surface area contributed by atoms with E-state index in [-0.39, 0.29) is 12.2 Å². The Hall–Kier alpha value is -2.77. The van der Waals surface area contributed by atoms with Crippen LogP contribution in [0.3, 0.4) is 0 Å². The molecule has 3 rings (SSSR count). The highest BCUT2D eigenvalue weighted by atomic mass is 32.2. The Morgan fingerprint density at radius 3 is 2.57 bits per heavy atom. The van der Waals surface area contributed by atoms with Crippen molar-refractivity contribution in [2.45, 2.75) is 6.92 Å². The molecule has 0 saturated heterocycles. The largest absolute Gasteiger partial charge is 0.496 e. The predicted molar refractivity (Wildman–Crippen MR) is 110 cm³/mol. The molecule has 1 aliphatic heterocycles. The van der Waals surface area contributed by atoms with Crippen molar-refractivity contribution in [2.75, 3.05) is 31.0 Å². The number of carbonyl (C=O) groups is 2. The standard InChI is InChI=1S/C21H21NO5S/c1-3-27-15-8-6-7-14(13-15)22-20(24)18(19(21(22)25)28-12-11-23)16-9-4-5-10-17(16)26-2/h4-10,13,23H,3,11-12H2,1-2H3. The van der Waals surface area contributed by atoms with E-state index in [1.165, 1.54) is 7.11 Å². The average molecular weight is 399 g/mol. The first kappa shape index (κ1) is 20.0. The van der Waals surface area contributed by atoms with Gasteiger partial charge in [-0.3, -0.25) is 9.59 Å². The number of carbonyl (C=O) groups excluding carboxylic acids is 2. The molecule has 0 saturated carbocycles. The number of aliphatic hydroxyl groups excluding tert-OH is 1. The van der Waals surface area contributed by atoms with E-state index in [0.717, 1.165) is 16.7 Å². The molecule has 1 N–H and O–H groups in total. The van der Waals surface area contributed by atoms with Gasteiger partial charge in [0, 0.05) is 17.4 Å². The molecule has 2 aromatic carbocycles. The second-order valence-corrected chi connectivity index (χ2v) is 6.96. The summed E-state index contributed by atoms with van der Waals surface area (Å²) in [6, 6.07) is 13.9. The number of para-hydroxylation sites is 1. The molecule has 2 aromatic rings. The van der Waals surface area contributed by atoms with Gasteiger partial charge in [0.05, 0.1) is 36.5 Å². The average Bonchev–Trinajstić information content (AvgIpc) is 2.96. The van der Waals surface area contributed by atoms with E-state index in [1.807, 2.05) is 6.92 Å². The van der Waals surface area contributed by atoms with Crippen molar-refractivity contribution in [3.05, 3.63) is 59.0 Å². The SMILES string of the molecule is CCOc1cccc(N2C(=O)C(SCCO)=C(c3ccccc3OC)C2=O)c1. The molecule has 0 spiro atoms. The number of methoxy groups -OCH3 is 1. The molecule has 0 unspecified atom stereocenters. The zero-order valence-electron chi connectivity index (χ0n) is 15.7. The zero-order valence-corrected chi connectivity index (χ0v) is 16.5. The number of hydrogen-bond acceptors (Lipinski definition) is 6. The Balaban J connectivity index is 2.08. The third-order valence-electron chi connectivity index (χ3n) is 4.14. The lowest BCUT2D eigenvalue weighted by Crippen LogP contribution is -2.31. The molecule has 0 fully saturated rings. The lowest BCUT2D eigenvalue weighted by molar-refractivity contribution is -0.119. The van der Waals surface area contributed by atoms with E-state index < -0.39 is 11.8 Å². The van der Waals surface area contributed by atoms with Gasteiger partial charge in [-0.15, -0.1) is 11.8 Å². The molecule has 1 heterocycles. The molecule has 6 nitrogen and oxygen atoms in total. The molecule has 7 heteroatoms. The zero-order chi connectivity index (χ0) is 20.1. The summed E-state index contributed by atoms with van der Waals surface area (Å²) in [4.78, 5) is 27.9. The maximum absolute atomic E-state index is 13.3. The molecule has 0 aliphatic carbocycles. The van der Waals surface area contributed by atoms with Crippen LogP contribution in [0.4, 0.5) is 5.69 Å². The summed E-state index contributed by atoms with van der Waals surface area (Å²) in [5.41, 5.74) is 1.27. The highest BCUT2D eigenvalue weighted by Gasteiger charge is 2.41. The topological polar surface area (TPSA) is 76.1 Å². The third kappa shape index (κ3) is 3.76. The van der Waals surface area contributed by atoms with E-state index in [0.29, 0.717) is 40.0 Å². The van der Waals surface area contributed by atoms with E-state index >= 15 is 0 Å². The van der Waals surface area contributed by atoms with E-state index in [4.69, 9.17) is 9.47 Å². The second kappa shape index (κ2) is 8.95. The predicted octanol–water partition coefficient (Wildman–Crippen LogP) is 3.10. The molecule has 1 aliphatic rings. The van der Waals surface area contributed by atoms with Crippen LogP contribution in [0.5, 0.6) is 11.5 Å². The van der Waals surface area contributed by atoms with Crippen molar-refractivity contribution in [2.24, 2.45) is 0 Å². The Labute approximate surface area is 167 Å². The summed E-state index contributed by atoms with van der Waals surface area (Å²) in [6.45, 7) is 2.24. The van der Waals surface area contributed by atoms with Gasteiger partial charge in [-0.2, -0.15) is 0 Å². The van der Waals surface area contributed by atoms with Crippen molar-refractivity contribution in [1.82, 2.24) is 0 Å². The summed E-state index contributed by atoms with van der Waals surface area (Å²) in [5.74, 6) is 0.544. The maximum Gasteiger partial charge on any atom is 0.272 e. The molecule has 0 radical (unpaired) electrons.